The minimum Gasteiger partial charge on any atom is -0.354 e. The molecule has 0 bridgehead atoms. The Bertz CT molecular complexity index is 1050. The molecule has 0 aliphatic carbocycles. The molecule has 3 heteroatoms. The second kappa shape index (κ2) is 8.07. The number of hydrogen-bond donors (Lipinski definition) is 0. The van der Waals surface area contributed by atoms with E-state index in [4.69, 9.17) is 0 Å². The predicted octanol–water partition coefficient (Wildman–Crippen LogP) is 6.32. The molecule has 2 nitrogen and oxygen atoms in total. The summed E-state index contributed by atoms with van der Waals surface area (Å²) < 4.78 is 0. The molecule has 4 aromatic rings. The van der Waals surface area contributed by atoms with Gasteiger partial charge in [0, 0.05) is 25.5 Å². The van der Waals surface area contributed by atoms with Gasteiger partial charge in [-0.25, -0.2) is 0 Å². The Morgan fingerprint density at radius 2 is 0.964 bits per heavy atom. The zero-order chi connectivity index (χ0) is 18.1. The summed E-state index contributed by atoms with van der Waals surface area (Å²) in [4.78, 5) is 4.73. The second-order valence-electron chi connectivity index (χ2n) is 7.30. The number of fused-ring (bicyclic) bond motifs is 2. The fraction of sp³-hybridized carbons (Fsp3) is 0.120. The van der Waals surface area contributed by atoms with Crippen molar-refractivity contribution in [2.45, 2.75) is 13.1 Å². The van der Waals surface area contributed by atoms with E-state index in [-0.39, 0.29) is 17.0 Å². The lowest BCUT2D eigenvalue weighted by molar-refractivity contribution is 0.255. The Morgan fingerprint density at radius 1 is 0.536 bits per heavy atom. The molecule has 1 aliphatic rings. The van der Waals surface area contributed by atoms with Crippen molar-refractivity contribution in [1.29, 1.82) is 0 Å². The van der Waals surface area contributed by atoms with Gasteiger partial charge in [0.2, 0.25) is 0 Å². The van der Waals surface area contributed by atoms with Crippen molar-refractivity contribution in [3.05, 3.63) is 108 Å². The van der Waals surface area contributed by atoms with E-state index in [0.717, 1.165) is 19.8 Å². The zero-order valence-corrected chi connectivity index (χ0v) is 17.4. The fourth-order valence-corrected chi connectivity index (χ4v) is 3.86. The highest BCUT2D eigenvalue weighted by atomic mass is 79.9. The largest absolute Gasteiger partial charge is 0.354 e. The van der Waals surface area contributed by atoms with Crippen molar-refractivity contribution in [2.75, 3.05) is 6.67 Å². The third kappa shape index (κ3) is 3.90. The first-order valence-corrected chi connectivity index (χ1v) is 9.45. The third-order valence-corrected chi connectivity index (χ3v) is 5.25. The minimum absolute atomic E-state index is 0. The van der Waals surface area contributed by atoms with Gasteiger partial charge in [-0.1, -0.05) is 72.8 Å². The molecule has 0 saturated heterocycles. The molecule has 0 saturated carbocycles. The van der Waals surface area contributed by atoms with Crippen LogP contribution in [0.25, 0.3) is 21.5 Å². The van der Waals surface area contributed by atoms with Crippen molar-refractivity contribution in [3.63, 3.8) is 0 Å². The normalized spacial score (nSPS) is 13.3. The first-order chi connectivity index (χ1) is 13.3. The van der Waals surface area contributed by atoms with Crippen LogP contribution in [0.3, 0.4) is 0 Å². The molecule has 28 heavy (non-hydrogen) atoms. The quantitative estimate of drug-likeness (QED) is 0.373. The molecule has 140 valence electrons. The van der Waals surface area contributed by atoms with E-state index < -0.39 is 0 Å². The highest BCUT2D eigenvalue weighted by Crippen LogP contribution is 2.21. The van der Waals surface area contributed by atoms with Gasteiger partial charge in [0.15, 0.2) is 0 Å². The van der Waals surface area contributed by atoms with E-state index >= 15 is 0 Å². The van der Waals surface area contributed by atoms with Crippen LogP contribution in [0.1, 0.15) is 11.1 Å². The lowest BCUT2D eigenvalue weighted by Crippen LogP contribution is -2.24. The van der Waals surface area contributed by atoms with Crippen LogP contribution < -0.4 is 0 Å². The smallest absolute Gasteiger partial charge is 0.0900 e. The van der Waals surface area contributed by atoms with Gasteiger partial charge < -0.3 is 9.80 Å². The van der Waals surface area contributed by atoms with Gasteiger partial charge >= 0.3 is 0 Å². The topological polar surface area (TPSA) is 6.48 Å². The van der Waals surface area contributed by atoms with Gasteiger partial charge in [0.1, 0.15) is 0 Å². The summed E-state index contributed by atoms with van der Waals surface area (Å²) in [5.41, 5.74) is 2.71. The lowest BCUT2D eigenvalue weighted by atomic mass is 10.1. The Morgan fingerprint density at radius 3 is 1.43 bits per heavy atom. The molecule has 1 heterocycles. The average Bonchev–Trinajstić information content (AvgIpc) is 3.14. The highest BCUT2D eigenvalue weighted by molar-refractivity contribution is 8.93. The van der Waals surface area contributed by atoms with Gasteiger partial charge in [0.25, 0.3) is 0 Å². The standard InChI is InChI=1S/C25H22N2.BrH/c1-3-7-24-15-20(9-11-22(24)5-1)17-26-13-14-27(19-26)18-21-10-12-23-6-2-4-8-25(23)16-21;/h1-16H,17-19H2;1H. The van der Waals surface area contributed by atoms with Crippen molar-refractivity contribution < 1.29 is 0 Å². The predicted molar refractivity (Wildman–Crippen MR) is 123 cm³/mol. The molecule has 0 radical (unpaired) electrons. The van der Waals surface area contributed by atoms with E-state index in [2.05, 4.69) is 107 Å². The molecule has 4 aromatic carbocycles. The fourth-order valence-electron chi connectivity index (χ4n) is 3.86. The number of benzene rings is 4. The maximum absolute atomic E-state index is 2.37. The number of rotatable bonds is 4. The zero-order valence-electron chi connectivity index (χ0n) is 15.7. The Hall–Kier alpha value is -2.78. The summed E-state index contributed by atoms with van der Waals surface area (Å²) in [6.07, 6.45) is 4.41. The summed E-state index contributed by atoms with van der Waals surface area (Å²) in [5.74, 6) is 0. The van der Waals surface area contributed by atoms with Crippen LogP contribution in [0.4, 0.5) is 0 Å². The Labute approximate surface area is 176 Å². The van der Waals surface area contributed by atoms with Crippen molar-refractivity contribution in [3.8, 4) is 0 Å². The van der Waals surface area contributed by atoms with Crippen LogP contribution in [0, 0.1) is 0 Å². The molecule has 1 aliphatic heterocycles. The van der Waals surface area contributed by atoms with E-state index in [1.165, 1.54) is 32.7 Å². The maximum atomic E-state index is 2.37. The Balaban J connectivity index is 0.00000192. The summed E-state index contributed by atoms with van der Waals surface area (Å²) in [6, 6.07) is 30.6. The Kier molecular flexibility index (Phi) is 5.36. The van der Waals surface area contributed by atoms with Crippen molar-refractivity contribution >= 4 is 38.5 Å². The van der Waals surface area contributed by atoms with Crippen molar-refractivity contribution in [1.82, 2.24) is 9.80 Å². The molecule has 0 fully saturated rings. The van der Waals surface area contributed by atoms with Gasteiger partial charge in [-0.15, -0.1) is 17.0 Å². The average molecular weight is 431 g/mol. The molecule has 5 rings (SSSR count). The van der Waals surface area contributed by atoms with Gasteiger partial charge in [-0.3, -0.25) is 0 Å². The highest BCUT2D eigenvalue weighted by Gasteiger charge is 2.13. The molecule has 0 atom stereocenters. The summed E-state index contributed by atoms with van der Waals surface area (Å²) in [5, 5.41) is 5.23. The number of nitrogens with zero attached hydrogens (tertiary/aromatic N) is 2. The molecular weight excluding hydrogens is 408 g/mol. The summed E-state index contributed by atoms with van der Waals surface area (Å²) in [7, 11) is 0. The van der Waals surface area contributed by atoms with E-state index in [0.29, 0.717) is 0 Å². The second-order valence-corrected chi connectivity index (χ2v) is 7.30. The molecule has 0 amide bonds. The van der Waals surface area contributed by atoms with Crippen LogP contribution in [0.2, 0.25) is 0 Å². The van der Waals surface area contributed by atoms with Crippen LogP contribution in [-0.2, 0) is 13.1 Å². The van der Waals surface area contributed by atoms with Crippen molar-refractivity contribution in [2.24, 2.45) is 0 Å². The monoisotopic (exact) mass is 430 g/mol. The molecular formula is C25H23BrN2. The summed E-state index contributed by atoms with van der Waals surface area (Å²) >= 11 is 0. The number of halogens is 1. The SMILES string of the molecule is Br.C1=CN(Cc2ccc3ccccc3c2)CN1Cc1ccc2ccccc2c1. The van der Waals surface area contributed by atoms with Gasteiger partial charge in [0.05, 0.1) is 6.67 Å². The molecule has 0 aromatic heterocycles. The molecule has 0 unspecified atom stereocenters. The van der Waals surface area contributed by atoms with E-state index in [9.17, 15) is 0 Å². The molecule has 0 spiro atoms. The van der Waals surface area contributed by atoms with E-state index in [1.54, 1.807) is 0 Å². The summed E-state index contributed by atoms with van der Waals surface area (Å²) in [6.45, 7) is 2.81. The third-order valence-electron chi connectivity index (χ3n) is 5.25. The number of hydrogen-bond acceptors (Lipinski definition) is 2. The van der Waals surface area contributed by atoms with Gasteiger partial charge in [-0.05, 0) is 44.8 Å². The molecule has 0 N–H and O–H groups in total. The van der Waals surface area contributed by atoms with Crippen LogP contribution in [-0.4, -0.2) is 16.5 Å². The lowest BCUT2D eigenvalue weighted by Gasteiger charge is -2.22. The first-order valence-electron chi connectivity index (χ1n) is 9.45. The van der Waals surface area contributed by atoms with Gasteiger partial charge in [-0.2, -0.15) is 0 Å². The van der Waals surface area contributed by atoms with E-state index in [1.807, 2.05) is 0 Å². The minimum atomic E-state index is 0. The van der Waals surface area contributed by atoms with Crippen LogP contribution in [0.5, 0.6) is 0 Å². The van der Waals surface area contributed by atoms with Crippen LogP contribution in [0.15, 0.2) is 97.3 Å². The first kappa shape index (κ1) is 18.6. The van der Waals surface area contributed by atoms with Crippen LogP contribution >= 0.6 is 17.0 Å². The maximum Gasteiger partial charge on any atom is 0.0900 e.